The smallest absolute Gasteiger partial charge is 0.335 e. The van der Waals surface area contributed by atoms with Crippen LogP contribution in [-0.2, 0) is 6.18 Å². The first-order valence-electron chi connectivity index (χ1n) is 5.96. The van der Waals surface area contributed by atoms with E-state index in [1.165, 1.54) is 0 Å². The summed E-state index contributed by atoms with van der Waals surface area (Å²) in [5.74, 6) is -2.09. The van der Waals surface area contributed by atoms with Gasteiger partial charge in [0.25, 0.3) is 5.91 Å². The zero-order valence-corrected chi connectivity index (χ0v) is 10.5. The lowest BCUT2D eigenvalue weighted by Crippen LogP contribution is -2.44. The van der Waals surface area contributed by atoms with Crippen molar-refractivity contribution in [1.29, 1.82) is 0 Å². The zero-order chi connectivity index (χ0) is 14.9. The Morgan fingerprint density at radius 2 is 2.05 bits per heavy atom. The van der Waals surface area contributed by atoms with Crippen molar-refractivity contribution in [2.75, 3.05) is 0 Å². The molecule has 2 atom stereocenters. The molecule has 0 aromatic heterocycles. The molecule has 0 saturated carbocycles. The predicted molar refractivity (Wildman–Crippen MR) is 63.0 cm³/mol. The lowest BCUT2D eigenvalue weighted by atomic mass is 10.1. The normalized spacial score (nSPS) is 22.9. The second-order valence-corrected chi connectivity index (χ2v) is 4.64. The van der Waals surface area contributed by atoms with Crippen molar-refractivity contribution >= 4 is 5.91 Å². The van der Waals surface area contributed by atoms with Crippen molar-refractivity contribution < 1.29 is 22.4 Å². The molecule has 1 aromatic carbocycles. The molecule has 20 heavy (non-hydrogen) atoms. The Labute approximate surface area is 112 Å². The maximum atomic E-state index is 13.1. The number of benzene rings is 1. The molecule has 2 rings (SSSR count). The van der Waals surface area contributed by atoms with Crippen molar-refractivity contribution in [2.24, 2.45) is 0 Å². The minimum Gasteiger partial charge on any atom is -0.335 e. The van der Waals surface area contributed by atoms with Crippen LogP contribution in [0.5, 0.6) is 0 Å². The Morgan fingerprint density at radius 1 is 1.35 bits per heavy atom. The van der Waals surface area contributed by atoms with Crippen LogP contribution in [0.4, 0.5) is 17.6 Å². The van der Waals surface area contributed by atoms with E-state index in [2.05, 4.69) is 16.2 Å². The Balaban J connectivity index is 2.14. The van der Waals surface area contributed by atoms with Gasteiger partial charge in [-0.25, -0.2) is 9.82 Å². The van der Waals surface area contributed by atoms with Gasteiger partial charge in [0, 0.05) is 11.6 Å². The van der Waals surface area contributed by atoms with E-state index in [0.29, 0.717) is 18.6 Å². The molecule has 1 aliphatic rings. The van der Waals surface area contributed by atoms with E-state index in [1.807, 2.05) is 6.92 Å². The minimum atomic E-state index is -4.83. The summed E-state index contributed by atoms with van der Waals surface area (Å²) in [5.41, 5.74) is 3.97. The molecule has 2 unspecified atom stereocenters. The van der Waals surface area contributed by atoms with E-state index in [4.69, 9.17) is 0 Å². The molecular formula is C12H13F4N3O. The van der Waals surface area contributed by atoms with E-state index in [0.717, 1.165) is 6.07 Å². The third-order valence-corrected chi connectivity index (χ3v) is 2.93. The molecule has 0 aliphatic carbocycles. The lowest BCUT2D eigenvalue weighted by Gasteiger charge is -2.13. The molecule has 1 heterocycles. The van der Waals surface area contributed by atoms with Crippen molar-refractivity contribution in [1.82, 2.24) is 16.2 Å². The monoisotopic (exact) mass is 291 g/mol. The first-order chi connectivity index (χ1) is 9.27. The predicted octanol–water partition coefficient (Wildman–Crippen LogP) is 1.79. The van der Waals surface area contributed by atoms with Crippen LogP contribution in [0.15, 0.2) is 18.2 Å². The topological polar surface area (TPSA) is 53.2 Å². The third kappa shape index (κ3) is 3.26. The van der Waals surface area contributed by atoms with Gasteiger partial charge in [0.15, 0.2) is 0 Å². The van der Waals surface area contributed by atoms with Gasteiger partial charge in [-0.05, 0) is 31.5 Å². The first kappa shape index (κ1) is 14.7. The van der Waals surface area contributed by atoms with Crippen molar-refractivity contribution in [3.63, 3.8) is 0 Å². The highest BCUT2D eigenvalue weighted by atomic mass is 19.4. The van der Waals surface area contributed by atoms with Crippen LogP contribution in [-0.4, -0.2) is 18.1 Å². The van der Waals surface area contributed by atoms with Crippen LogP contribution in [0, 0.1) is 5.82 Å². The molecular weight excluding hydrogens is 278 g/mol. The van der Waals surface area contributed by atoms with Gasteiger partial charge in [-0.2, -0.15) is 13.2 Å². The number of hydrazine groups is 1. The second-order valence-electron chi connectivity index (χ2n) is 4.64. The standard InChI is InChI=1S/C12H13F4N3O/c1-6-4-10(19-18-6)17-11(20)7-2-3-9(13)8(5-7)12(14,15)16/h2-3,5-6,10,18-19H,4H2,1H3,(H,17,20). The Morgan fingerprint density at radius 3 is 2.60 bits per heavy atom. The summed E-state index contributed by atoms with van der Waals surface area (Å²) >= 11 is 0. The summed E-state index contributed by atoms with van der Waals surface area (Å²) in [7, 11) is 0. The number of carbonyl (C=O) groups excluding carboxylic acids is 1. The second kappa shape index (κ2) is 5.37. The van der Waals surface area contributed by atoms with Gasteiger partial charge >= 0.3 is 6.18 Å². The molecule has 1 saturated heterocycles. The van der Waals surface area contributed by atoms with Gasteiger partial charge in [0.2, 0.25) is 0 Å². The number of amides is 1. The number of hydrogen-bond donors (Lipinski definition) is 3. The third-order valence-electron chi connectivity index (χ3n) is 2.93. The number of nitrogens with one attached hydrogen (secondary N) is 3. The van der Waals surface area contributed by atoms with Gasteiger partial charge < -0.3 is 5.32 Å². The molecule has 0 radical (unpaired) electrons. The highest BCUT2D eigenvalue weighted by molar-refractivity contribution is 5.94. The summed E-state index contributed by atoms with van der Waals surface area (Å²) in [6, 6.07) is 2.31. The molecule has 1 aromatic rings. The average Bonchev–Trinajstić information content (AvgIpc) is 2.73. The first-order valence-corrected chi connectivity index (χ1v) is 5.96. The number of hydrogen-bond acceptors (Lipinski definition) is 3. The molecule has 0 spiro atoms. The summed E-state index contributed by atoms with van der Waals surface area (Å²) in [4.78, 5) is 11.8. The van der Waals surface area contributed by atoms with Gasteiger partial charge in [-0.15, -0.1) is 0 Å². The minimum absolute atomic E-state index is 0.138. The van der Waals surface area contributed by atoms with Crippen LogP contribution in [0.25, 0.3) is 0 Å². The van der Waals surface area contributed by atoms with Crippen molar-refractivity contribution in [3.05, 3.63) is 35.1 Å². The van der Waals surface area contributed by atoms with Crippen LogP contribution in [0.1, 0.15) is 29.3 Å². The van der Waals surface area contributed by atoms with E-state index in [9.17, 15) is 22.4 Å². The summed E-state index contributed by atoms with van der Waals surface area (Å²) in [5, 5.41) is 2.52. The van der Waals surface area contributed by atoms with Crippen LogP contribution >= 0.6 is 0 Å². The highest BCUT2D eigenvalue weighted by Gasteiger charge is 2.35. The zero-order valence-electron chi connectivity index (χ0n) is 10.5. The lowest BCUT2D eigenvalue weighted by molar-refractivity contribution is -0.140. The summed E-state index contributed by atoms with van der Waals surface area (Å²) in [6.45, 7) is 1.89. The van der Waals surface area contributed by atoms with E-state index in [1.54, 1.807) is 0 Å². The Hall–Kier alpha value is -1.67. The molecule has 1 aliphatic heterocycles. The largest absolute Gasteiger partial charge is 0.419 e. The van der Waals surface area contributed by atoms with Gasteiger partial charge in [0.05, 0.1) is 11.7 Å². The summed E-state index contributed by atoms with van der Waals surface area (Å²) < 4.78 is 50.8. The van der Waals surface area contributed by atoms with Crippen molar-refractivity contribution in [3.8, 4) is 0 Å². The maximum Gasteiger partial charge on any atom is 0.419 e. The SMILES string of the molecule is CC1CC(NC(=O)c2ccc(F)c(C(F)(F)F)c2)NN1. The molecule has 8 heteroatoms. The highest BCUT2D eigenvalue weighted by Crippen LogP contribution is 2.31. The van der Waals surface area contributed by atoms with E-state index >= 15 is 0 Å². The van der Waals surface area contributed by atoms with E-state index < -0.39 is 23.5 Å². The quantitative estimate of drug-likeness (QED) is 0.728. The Kier molecular flexibility index (Phi) is 3.96. The number of carbonyl (C=O) groups is 1. The van der Waals surface area contributed by atoms with E-state index in [-0.39, 0.29) is 17.8 Å². The van der Waals surface area contributed by atoms with Gasteiger partial charge in [0.1, 0.15) is 5.82 Å². The summed E-state index contributed by atoms with van der Waals surface area (Å²) in [6.07, 6.45) is -4.61. The van der Waals surface area contributed by atoms with Crippen LogP contribution < -0.4 is 16.2 Å². The van der Waals surface area contributed by atoms with Crippen LogP contribution in [0.3, 0.4) is 0 Å². The fourth-order valence-corrected chi connectivity index (χ4v) is 1.93. The molecule has 0 bridgehead atoms. The molecule has 3 N–H and O–H groups in total. The number of rotatable bonds is 2. The molecule has 1 fully saturated rings. The molecule has 4 nitrogen and oxygen atoms in total. The molecule has 1 amide bonds. The maximum absolute atomic E-state index is 13.1. The Bertz CT molecular complexity index is 518. The number of alkyl halides is 3. The van der Waals surface area contributed by atoms with Gasteiger partial charge in [-0.1, -0.05) is 0 Å². The number of halogens is 4. The van der Waals surface area contributed by atoms with Crippen LogP contribution in [0.2, 0.25) is 0 Å². The fraction of sp³-hybridized carbons (Fsp3) is 0.417. The van der Waals surface area contributed by atoms with Crippen molar-refractivity contribution in [2.45, 2.75) is 31.7 Å². The molecule has 110 valence electrons. The van der Waals surface area contributed by atoms with Gasteiger partial charge in [-0.3, -0.25) is 10.2 Å². The average molecular weight is 291 g/mol. The fourth-order valence-electron chi connectivity index (χ4n) is 1.93.